The van der Waals surface area contributed by atoms with E-state index in [1.807, 2.05) is 18.9 Å². The molecule has 2 N–H and O–H groups in total. The van der Waals surface area contributed by atoms with Crippen LogP contribution in [0.1, 0.15) is 29.9 Å². The predicted octanol–water partition coefficient (Wildman–Crippen LogP) is 0.785. The van der Waals surface area contributed by atoms with E-state index in [0.29, 0.717) is 18.0 Å². The van der Waals surface area contributed by atoms with Crippen LogP contribution in [0, 0.1) is 18.3 Å². The molecule has 5 nitrogen and oxygen atoms in total. The molecule has 0 aliphatic carbocycles. The van der Waals surface area contributed by atoms with Crippen LogP contribution in [0.5, 0.6) is 0 Å². The fourth-order valence-corrected chi connectivity index (χ4v) is 2.51. The molecule has 1 aromatic heterocycles. The van der Waals surface area contributed by atoms with E-state index in [4.69, 9.17) is 5.73 Å². The number of aryl methyl sites for hydroxylation is 1. The highest BCUT2D eigenvalue weighted by Crippen LogP contribution is 2.35. The topological polar surface area (TPSA) is 64.2 Å². The van der Waals surface area contributed by atoms with Crippen LogP contribution in [0.15, 0.2) is 6.20 Å². The van der Waals surface area contributed by atoms with Crippen molar-refractivity contribution in [2.24, 2.45) is 24.1 Å². The van der Waals surface area contributed by atoms with E-state index >= 15 is 0 Å². The van der Waals surface area contributed by atoms with Gasteiger partial charge in [-0.15, -0.1) is 0 Å². The third kappa shape index (κ3) is 1.92. The molecule has 2 heterocycles. The maximum atomic E-state index is 12.5. The summed E-state index contributed by atoms with van der Waals surface area (Å²) in [7, 11) is 1.85. The number of hydrogen-bond donors (Lipinski definition) is 1. The average molecular weight is 250 g/mol. The molecule has 5 heteroatoms. The lowest BCUT2D eigenvalue weighted by Gasteiger charge is -2.25. The lowest BCUT2D eigenvalue weighted by atomic mass is 9.81. The Bertz CT molecular complexity index is 468. The maximum Gasteiger partial charge on any atom is 0.257 e. The quantitative estimate of drug-likeness (QED) is 0.844. The van der Waals surface area contributed by atoms with Gasteiger partial charge in [0.25, 0.3) is 5.91 Å². The standard InChI is InChI=1S/C13H22N4O/c1-9-6-17(8-13(9,3)7-14)12(18)11-5-15-16(4)10(11)2/h5,9H,6-8,14H2,1-4H3/t9-,13-/m1/s1. The van der Waals surface area contributed by atoms with Gasteiger partial charge in [0.2, 0.25) is 0 Å². The summed E-state index contributed by atoms with van der Waals surface area (Å²) < 4.78 is 1.73. The van der Waals surface area contributed by atoms with Crippen molar-refractivity contribution < 1.29 is 4.79 Å². The van der Waals surface area contributed by atoms with Crippen molar-refractivity contribution in [3.05, 3.63) is 17.5 Å². The Hall–Kier alpha value is -1.36. The molecule has 0 spiro atoms. The van der Waals surface area contributed by atoms with Gasteiger partial charge in [-0.05, 0) is 19.4 Å². The van der Waals surface area contributed by atoms with Gasteiger partial charge in [-0.3, -0.25) is 9.48 Å². The van der Waals surface area contributed by atoms with Crippen molar-refractivity contribution in [1.82, 2.24) is 14.7 Å². The molecule has 0 bridgehead atoms. The first-order valence-corrected chi connectivity index (χ1v) is 6.37. The van der Waals surface area contributed by atoms with Gasteiger partial charge in [0.1, 0.15) is 0 Å². The van der Waals surface area contributed by atoms with Crippen LogP contribution in [0.4, 0.5) is 0 Å². The van der Waals surface area contributed by atoms with Gasteiger partial charge in [-0.25, -0.2) is 0 Å². The van der Waals surface area contributed by atoms with Gasteiger partial charge in [-0.2, -0.15) is 5.10 Å². The third-order valence-corrected chi connectivity index (χ3v) is 4.46. The highest BCUT2D eigenvalue weighted by molar-refractivity contribution is 5.95. The Kier molecular flexibility index (Phi) is 3.19. The molecule has 0 unspecified atom stereocenters. The smallest absolute Gasteiger partial charge is 0.257 e. The van der Waals surface area contributed by atoms with Gasteiger partial charge in [0, 0.05) is 31.2 Å². The van der Waals surface area contributed by atoms with Crippen molar-refractivity contribution >= 4 is 5.91 Å². The monoisotopic (exact) mass is 250 g/mol. The molecular formula is C13H22N4O. The van der Waals surface area contributed by atoms with E-state index < -0.39 is 0 Å². The highest BCUT2D eigenvalue weighted by atomic mass is 16.2. The van der Waals surface area contributed by atoms with Crippen LogP contribution in [0.25, 0.3) is 0 Å². The fourth-order valence-electron chi connectivity index (χ4n) is 2.51. The first-order chi connectivity index (χ1) is 8.39. The van der Waals surface area contributed by atoms with Crippen LogP contribution in [0.3, 0.4) is 0 Å². The van der Waals surface area contributed by atoms with Gasteiger partial charge in [0.05, 0.1) is 11.8 Å². The van der Waals surface area contributed by atoms with Crippen LogP contribution in [-0.2, 0) is 7.05 Å². The Labute approximate surface area is 108 Å². The molecule has 0 saturated carbocycles. The van der Waals surface area contributed by atoms with Crippen molar-refractivity contribution in [1.29, 1.82) is 0 Å². The van der Waals surface area contributed by atoms with Crippen molar-refractivity contribution in [2.75, 3.05) is 19.6 Å². The number of nitrogens with zero attached hydrogens (tertiary/aromatic N) is 3. The zero-order valence-electron chi connectivity index (χ0n) is 11.6. The molecule has 2 rings (SSSR count). The summed E-state index contributed by atoms with van der Waals surface area (Å²) >= 11 is 0. The normalized spacial score (nSPS) is 27.8. The van der Waals surface area contributed by atoms with Crippen molar-refractivity contribution in [3.63, 3.8) is 0 Å². The fraction of sp³-hybridized carbons (Fsp3) is 0.692. The third-order valence-electron chi connectivity index (χ3n) is 4.46. The largest absolute Gasteiger partial charge is 0.338 e. The van der Waals surface area contributed by atoms with Crippen LogP contribution in [-0.4, -0.2) is 40.2 Å². The summed E-state index contributed by atoms with van der Waals surface area (Å²) in [6, 6.07) is 0. The number of amides is 1. The summed E-state index contributed by atoms with van der Waals surface area (Å²) in [5.74, 6) is 0.507. The van der Waals surface area contributed by atoms with E-state index in [-0.39, 0.29) is 11.3 Å². The zero-order chi connectivity index (χ0) is 13.5. The summed E-state index contributed by atoms with van der Waals surface area (Å²) in [5.41, 5.74) is 7.48. The minimum atomic E-state index is 0.0335. The summed E-state index contributed by atoms with van der Waals surface area (Å²) in [6.07, 6.45) is 1.65. The first kappa shape index (κ1) is 13.1. The average Bonchev–Trinajstić information content (AvgIpc) is 2.82. The van der Waals surface area contributed by atoms with E-state index in [2.05, 4.69) is 18.9 Å². The molecule has 1 amide bonds. The number of carbonyl (C=O) groups excluding carboxylic acids is 1. The molecule has 0 aromatic carbocycles. The van der Waals surface area contributed by atoms with Gasteiger partial charge in [0.15, 0.2) is 0 Å². The second kappa shape index (κ2) is 4.39. The second-order valence-corrected chi connectivity index (χ2v) is 5.71. The van der Waals surface area contributed by atoms with Crippen molar-refractivity contribution in [3.8, 4) is 0 Å². The number of hydrogen-bond acceptors (Lipinski definition) is 3. The number of carbonyl (C=O) groups is 1. The minimum absolute atomic E-state index is 0.0335. The molecule has 18 heavy (non-hydrogen) atoms. The Morgan fingerprint density at radius 2 is 2.33 bits per heavy atom. The Morgan fingerprint density at radius 3 is 2.78 bits per heavy atom. The number of aromatic nitrogens is 2. The van der Waals surface area contributed by atoms with Crippen LogP contribution < -0.4 is 5.73 Å². The number of rotatable bonds is 2. The van der Waals surface area contributed by atoms with Crippen LogP contribution in [0.2, 0.25) is 0 Å². The Morgan fingerprint density at radius 1 is 1.67 bits per heavy atom. The van der Waals surface area contributed by atoms with E-state index in [9.17, 15) is 4.79 Å². The summed E-state index contributed by atoms with van der Waals surface area (Å²) in [4.78, 5) is 14.4. The van der Waals surface area contributed by atoms with Gasteiger partial charge < -0.3 is 10.6 Å². The second-order valence-electron chi connectivity index (χ2n) is 5.71. The first-order valence-electron chi connectivity index (χ1n) is 6.37. The van der Waals surface area contributed by atoms with Crippen LogP contribution >= 0.6 is 0 Å². The summed E-state index contributed by atoms with van der Waals surface area (Å²) in [5, 5.41) is 4.13. The van der Waals surface area contributed by atoms with E-state index in [1.54, 1.807) is 10.9 Å². The molecule has 1 fully saturated rings. The molecule has 2 atom stereocenters. The lowest BCUT2D eigenvalue weighted by Crippen LogP contribution is -2.36. The molecule has 1 saturated heterocycles. The Balaban J connectivity index is 2.20. The predicted molar refractivity (Wildman–Crippen MR) is 70.2 cm³/mol. The lowest BCUT2D eigenvalue weighted by molar-refractivity contribution is 0.0775. The molecule has 1 aliphatic rings. The summed E-state index contributed by atoms with van der Waals surface area (Å²) in [6.45, 7) is 8.36. The molecule has 1 aromatic rings. The van der Waals surface area contributed by atoms with E-state index in [1.165, 1.54) is 0 Å². The molecule has 0 radical (unpaired) electrons. The maximum absolute atomic E-state index is 12.5. The van der Waals surface area contributed by atoms with E-state index in [0.717, 1.165) is 18.8 Å². The van der Waals surface area contributed by atoms with Gasteiger partial charge >= 0.3 is 0 Å². The SMILES string of the molecule is Cc1c(C(=O)N2C[C@@H](C)[C@](C)(CN)C2)cnn1C. The number of likely N-dealkylation sites (tertiary alicyclic amines) is 1. The van der Waals surface area contributed by atoms with Gasteiger partial charge in [-0.1, -0.05) is 13.8 Å². The van der Waals surface area contributed by atoms with Crippen molar-refractivity contribution in [2.45, 2.75) is 20.8 Å². The number of nitrogens with two attached hydrogens (primary N) is 1. The molecular weight excluding hydrogens is 228 g/mol. The zero-order valence-corrected chi connectivity index (χ0v) is 11.6. The minimum Gasteiger partial charge on any atom is -0.338 e. The highest BCUT2D eigenvalue weighted by Gasteiger charge is 2.41. The molecule has 1 aliphatic heterocycles. The molecule has 100 valence electrons.